The van der Waals surface area contributed by atoms with Gasteiger partial charge in [0.05, 0.1) is 0 Å². The van der Waals surface area contributed by atoms with Crippen LogP contribution in [0.2, 0.25) is 0 Å². The number of nitrogens with one attached hydrogen (secondary N) is 3. The van der Waals surface area contributed by atoms with E-state index in [1.807, 2.05) is 6.92 Å². The standard InChI is InChI=1S/C18H26N4O3/c1-3-10-19-18(25)21-16-8-11-22(12-9-16)17(24)14-4-6-15(7-5-14)20-13(2)23/h4-7,16H,3,8-12H2,1-2H3,(H,20,23)(H2,19,21,25). The number of urea groups is 1. The third kappa shape index (κ3) is 5.77. The molecule has 0 spiro atoms. The van der Waals surface area contributed by atoms with Crippen molar-refractivity contribution >= 4 is 23.5 Å². The van der Waals surface area contributed by atoms with E-state index in [4.69, 9.17) is 0 Å². The molecule has 1 aromatic carbocycles. The van der Waals surface area contributed by atoms with Crippen LogP contribution in [0, 0.1) is 0 Å². The molecule has 25 heavy (non-hydrogen) atoms. The normalized spacial score (nSPS) is 14.7. The first-order valence-corrected chi connectivity index (χ1v) is 8.71. The molecule has 1 heterocycles. The van der Waals surface area contributed by atoms with Crippen molar-refractivity contribution in [2.45, 2.75) is 39.2 Å². The van der Waals surface area contributed by atoms with Crippen LogP contribution in [-0.4, -0.2) is 48.4 Å². The van der Waals surface area contributed by atoms with Gasteiger partial charge in [-0.3, -0.25) is 9.59 Å². The van der Waals surface area contributed by atoms with E-state index in [2.05, 4.69) is 16.0 Å². The van der Waals surface area contributed by atoms with E-state index >= 15 is 0 Å². The van der Waals surface area contributed by atoms with Gasteiger partial charge in [0.2, 0.25) is 5.91 Å². The summed E-state index contributed by atoms with van der Waals surface area (Å²) in [6.45, 7) is 5.35. The summed E-state index contributed by atoms with van der Waals surface area (Å²) >= 11 is 0. The van der Waals surface area contributed by atoms with Gasteiger partial charge in [-0.25, -0.2) is 4.79 Å². The third-order valence-electron chi connectivity index (χ3n) is 4.11. The van der Waals surface area contributed by atoms with Crippen LogP contribution in [-0.2, 0) is 4.79 Å². The second-order valence-corrected chi connectivity index (χ2v) is 6.23. The predicted octanol–water partition coefficient (Wildman–Crippen LogP) is 1.96. The van der Waals surface area contributed by atoms with Crippen LogP contribution in [0.4, 0.5) is 10.5 Å². The molecule has 7 nitrogen and oxygen atoms in total. The number of likely N-dealkylation sites (tertiary alicyclic amines) is 1. The van der Waals surface area contributed by atoms with Crippen LogP contribution in [0.15, 0.2) is 24.3 Å². The van der Waals surface area contributed by atoms with Crippen LogP contribution in [0.3, 0.4) is 0 Å². The van der Waals surface area contributed by atoms with Crippen molar-refractivity contribution in [2.75, 3.05) is 25.0 Å². The summed E-state index contributed by atoms with van der Waals surface area (Å²) in [4.78, 5) is 37.1. The first-order valence-electron chi connectivity index (χ1n) is 8.71. The van der Waals surface area contributed by atoms with Gasteiger partial charge < -0.3 is 20.9 Å². The number of carbonyl (C=O) groups excluding carboxylic acids is 3. The number of hydrogen-bond acceptors (Lipinski definition) is 3. The maximum Gasteiger partial charge on any atom is 0.315 e. The Kier molecular flexibility index (Phi) is 6.80. The Hall–Kier alpha value is -2.57. The van der Waals surface area contributed by atoms with E-state index in [0.717, 1.165) is 19.3 Å². The maximum atomic E-state index is 12.5. The van der Waals surface area contributed by atoms with Crippen molar-refractivity contribution in [3.63, 3.8) is 0 Å². The summed E-state index contributed by atoms with van der Waals surface area (Å²) in [7, 11) is 0. The topological polar surface area (TPSA) is 90.5 Å². The first-order chi connectivity index (χ1) is 12.0. The Bertz CT molecular complexity index is 607. The molecule has 7 heteroatoms. The molecule has 0 aliphatic carbocycles. The third-order valence-corrected chi connectivity index (χ3v) is 4.11. The molecule has 0 radical (unpaired) electrons. The van der Waals surface area contributed by atoms with E-state index in [0.29, 0.717) is 30.9 Å². The van der Waals surface area contributed by atoms with Crippen LogP contribution in [0.5, 0.6) is 0 Å². The molecule has 0 unspecified atom stereocenters. The fourth-order valence-corrected chi connectivity index (χ4v) is 2.78. The second-order valence-electron chi connectivity index (χ2n) is 6.23. The highest BCUT2D eigenvalue weighted by Crippen LogP contribution is 2.16. The lowest BCUT2D eigenvalue weighted by molar-refractivity contribution is -0.114. The molecular weight excluding hydrogens is 320 g/mol. The monoisotopic (exact) mass is 346 g/mol. The average Bonchev–Trinajstić information content (AvgIpc) is 2.60. The summed E-state index contributed by atoms with van der Waals surface area (Å²) in [6, 6.07) is 6.84. The molecule has 1 fully saturated rings. The zero-order valence-corrected chi connectivity index (χ0v) is 14.8. The molecule has 136 valence electrons. The van der Waals surface area contributed by atoms with Gasteiger partial charge in [-0.1, -0.05) is 6.92 Å². The molecule has 1 saturated heterocycles. The van der Waals surface area contributed by atoms with E-state index in [-0.39, 0.29) is 23.9 Å². The zero-order valence-electron chi connectivity index (χ0n) is 14.8. The summed E-state index contributed by atoms with van der Waals surface area (Å²) in [6.07, 6.45) is 2.39. The number of amides is 4. The molecule has 0 saturated carbocycles. The Morgan fingerprint density at radius 3 is 2.32 bits per heavy atom. The smallest absolute Gasteiger partial charge is 0.315 e. The van der Waals surface area contributed by atoms with E-state index in [1.54, 1.807) is 29.2 Å². The van der Waals surface area contributed by atoms with E-state index in [9.17, 15) is 14.4 Å². The minimum Gasteiger partial charge on any atom is -0.338 e. The summed E-state index contributed by atoms with van der Waals surface area (Å²) in [5, 5.41) is 8.43. The average molecular weight is 346 g/mol. The second kappa shape index (κ2) is 9.05. The Balaban J connectivity index is 1.82. The van der Waals surface area contributed by atoms with Gasteiger partial charge >= 0.3 is 6.03 Å². The van der Waals surface area contributed by atoms with Crippen LogP contribution < -0.4 is 16.0 Å². The van der Waals surface area contributed by atoms with Crippen molar-refractivity contribution in [3.8, 4) is 0 Å². The molecule has 4 amide bonds. The highest BCUT2D eigenvalue weighted by molar-refractivity contribution is 5.95. The molecule has 0 bridgehead atoms. The number of anilines is 1. The number of nitrogens with zero attached hydrogens (tertiary/aromatic N) is 1. The van der Waals surface area contributed by atoms with Gasteiger partial charge in [0.25, 0.3) is 5.91 Å². The molecule has 1 aliphatic rings. The lowest BCUT2D eigenvalue weighted by atomic mass is 10.0. The molecule has 1 aliphatic heterocycles. The number of rotatable bonds is 5. The first kappa shape index (κ1) is 18.8. The highest BCUT2D eigenvalue weighted by Gasteiger charge is 2.24. The fourth-order valence-electron chi connectivity index (χ4n) is 2.78. The van der Waals surface area contributed by atoms with Gasteiger partial charge in [-0.15, -0.1) is 0 Å². The van der Waals surface area contributed by atoms with E-state index in [1.165, 1.54) is 6.92 Å². The van der Waals surface area contributed by atoms with Gasteiger partial charge in [0.1, 0.15) is 0 Å². The lowest BCUT2D eigenvalue weighted by Gasteiger charge is -2.32. The fraction of sp³-hybridized carbons (Fsp3) is 0.500. The van der Waals surface area contributed by atoms with Gasteiger partial charge in [0, 0.05) is 43.9 Å². The predicted molar refractivity (Wildman–Crippen MR) is 96.5 cm³/mol. The molecule has 3 N–H and O–H groups in total. The van der Waals surface area contributed by atoms with Crippen molar-refractivity contribution in [3.05, 3.63) is 29.8 Å². The van der Waals surface area contributed by atoms with Crippen molar-refractivity contribution in [1.29, 1.82) is 0 Å². The largest absolute Gasteiger partial charge is 0.338 e. The van der Waals surface area contributed by atoms with Crippen LogP contribution >= 0.6 is 0 Å². The van der Waals surface area contributed by atoms with Gasteiger partial charge in [-0.2, -0.15) is 0 Å². The van der Waals surface area contributed by atoms with Gasteiger partial charge in [-0.05, 0) is 43.5 Å². The summed E-state index contributed by atoms with van der Waals surface area (Å²) < 4.78 is 0. The molecule has 0 atom stereocenters. The van der Waals surface area contributed by atoms with Crippen molar-refractivity contribution < 1.29 is 14.4 Å². The molecule has 2 rings (SSSR count). The highest BCUT2D eigenvalue weighted by atomic mass is 16.2. The Morgan fingerprint density at radius 2 is 1.76 bits per heavy atom. The van der Waals surface area contributed by atoms with Gasteiger partial charge in [0.15, 0.2) is 0 Å². The Labute approximate surface area is 148 Å². The number of piperidine rings is 1. The van der Waals surface area contributed by atoms with Crippen LogP contribution in [0.25, 0.3) is 0 Å². The molecule has 1 aromatic rings. The number of carbonyl (C=O) groups is 3. The Morgan fingerprint density at radius 1 is 1.12 bits per heavy atom. The minimum absolute atomic E-state index is 0.0248. The summed E-state index contributed by atoms with van der Waals surface area (Å²) in [5.41, 5.74) is 1.27. The molecular formula is C18H26N4O3. The summed E-state index contributed by atoms with van der Waals surface area (Å²) in [5.74, 6) is -0.167. The zero-order chi connectivity index (χ0) is 18.2. The number of hydrogen-bond donors (Lipinski definition) is 3. The van der Waals surface area contributed by atoms with Crippen molar-refractivity contribution in [2.24, 2.45) is 0 Å². The minimum atomic E-state index is -0.142. The quantitative estimate of drug-likeness (QED) is 0.761. The molecule has 0 aromatic heterocycles. The maximum absolute atomic E-state index is 12.5. The SMILES string of the molecule is CCCNC(=O)NC1CCN(C(=O)c2ccc(NC(C)=O)cc2)CC1. The van der Waals surface area contributed by atoms with E-state index < -0.39 is 0 Å². The van der Waals surface area contributed by atoms with Crippen molar-refractivity contribution in [1.82, 2.24) is 15.5 Å². The van der Waals surface area contributed by atoms with Crippen LogP contribution in [0.1, 0.15) is 43.5 Å². The number of benzene rings is 1. The lowest BCUT2D eigenvalue weighted by Crippen LogP contribution is -2.49.